The highest BCUT2D eigenvalue weighted by atomic mass is 35.5. The van der Waals surface area contributed by atoms with Gasteiger partial charge >= 0.3 is 0 Å². The summed E-state index contributed by atoms with van der Waals surface area (Å²) >= 11 is 6.03. The molecule has 2 N–H and O–H groups in total. The van der Waals surface area contributed by atoms with Gasteiger partial charge in [-0.05, 0) is 18.2 Å². The predicted octanol–water partition coefficient (Wildman–Crippen LogP) is 1.28. The zero-order valence-corrected chi connectivity index (χ0v) is 11.1. The van der Waals surface area contributed by atoms with Gasteiger partial charge in [-0.1, -0.05) is 23.4 Å². The fourth-order valence-electron chi connectivity index (χ4n) is 1.24. The predicted molar refractivity (Wildman–Crippen MR) is 71.2 cm³/mol. The van der Waals surface area contributed by atoms with Crippen molar-refractivity contribution < 1.29 is 9.90 Å². The maximum absolute atomic E-state index is 11.7. The van der Waals surface area contributed by atoms with E-state index in [-0.39, 0.29) is 12.5 Å². The number of carbonyl (C=O) groups excluding carboxylic acids is 1. The molecule has 0 heterocycles. The Hall–Kier alpha value is -1.54. The van der Waals surface area contributed by atoms with E-state index in [4.69, 9.17) is 16.7 Å². The summed E-state index contributed by atoms with van der Waals surface area (Å²) in [5, 5.41) is 10.6. The van der Waals surface area contributed by atoms with Crippen molar-refractivity contribution in [2.45, 2.75) is 6.42 Å². The first kappa shape index (κ1) is 14.5. The minimum atomic E-state index is -0.225. The van der Waals surface area contributed by atoms with E-state index in [9.17, 15) is 4.79 Å². The highest BCUT2D eigenvalue weighted by molar-refractivity contribution is 6.32. The zero-order valence-electron chi connectivity index (χ0n) is 10.3. The Labute approximate surface area is 112 Å². The summed E-state index contributed by atoms with van der Waals surface area (Å²) in [5.74, 6) is 5.39. The molecule has 96 valence electrons. The second-order valence-electron chi connectivity index (χ2n) is 3.81. The number of aliphatic hydroxyl groups is 1. The molecule has 1 aromatic carbocycles. The molecule has 0 spiro atoms. The Bertz CT molecular complexity index is 489. The van der Waals surface area contributed by atoms with Crippen molar-refractivity contribution in [3.8, 4) is 11.8 Å². The molecule has 18 heavy (non-hydrogen) atoms. The van der Waals surface area contributed by atoms with Crippen LogP contribution in [0.5, 0.6) is 0 Å². The average Bonchev–Trinajstić information content (AvgIpc) is 2.30. The number of aliphatic hydroxyl groups excluding tert-OH is 1. The normalized spacial score (nSPS) is 9.83. The topological polar surface area (TPSA) is 52.6 Å². The fourth-order valence-corrected chi connectivity index (χ4v) is 1.47. The van der Waals surface area contributed by atoms with Gasteiger partial charge in [0.2, 0.25) is 0 Å². The van der Waals surface area contributed by atoms with Crippen molar-refractivity contribution in [3.05, 3.63) is 34.3 Å². The van der Waals surface area contributed by atoms with Crippen LogP contribution in [0.4, 0.5) is 0 Å². The number of hydrazine groups is 1. The van der Waals surface area contributed by atoms with Crippen LogP contribution in [-0.4, -0.2) is 36.7 Å². The van der Waals surface area contributed by atoms with Gasteiger partial charge in [0, 0.05) is 31.6 Å². The van der Waals surface area contributed by atoms with Gasteiger partial charge in [-0.25, -0.2) is 5.01 Å². The average molecular weight is 267 g/mol. The molecule has 0 aliphatic heterocycles. The number of rotatable bonds is 3. The molecule has 4 nitrogen and oxygen atoms in total. The maximum atomic E-state index is 11.7. The minimum Gasteiger partial charge on any atom is -0.395 e. The Kier molecular flexibility index (Phi) is 5.66. The molecule has 0 saturated carbocycles. The number of nitrogens with zero attached hydrogens (tertiary/aromatic N) is 1. The quantitative estimate of drug-likeness (QED) is 0.640. The number of nitrogens with one attached hydrogen (secondary N) is 1. The number of carbonyl (C=O) groups is 1. The summed E-state index contributed by atoms with van der Waals surface area (Å²) in [5.41, 5.74) is 3.74. The van der Waals surface area contributed by atoms with Crippen LogP contribution in [0.2, 0.25) is 5.02 Å². The van der Waals surface area contributed by atoms with Crippen molar-refractivity contribution in [2.24, 2.45) is 0 Å². The molecule has 0 unspecified atom stereocenters. The third-order valence-corrected chi connectivity index (χ3v) is 2.33. The lowest BCUT2D eigenvalue weighted by Crippen LogP contribution is -2.36. The second kappa shape index (κ2) is 7.02. The molecule has 5 heteroatoms. The number of amides is 1. The Morgan fingerprint density at radius 2 is 2.22 bits per heavy atom. The Balaban J connectivity index is 2.86. The van der Waals surface area contributed by atoms with Crippen molar-refractivity contribution in [1.29, 1.82) is 0 Å². The number of halogens is 1. The van der Waals surface area contributed by atoms with Crippen LogP contribution in [-0.2, 0) is 0 Å². The molecule has 0 aliphatic rings. The molecule has 1 amide bonds. The first-order chi connectivity index (χ1) is 8.54. The molecule has 0 saturated heterocycles. The zero-order chi connectivity index (χ0) is 13.5. The lowest BCUT2D eigenvalue weighted by Gasteiger charge is -2.11. The highest BCUT2D eigenvalue weighted by Gasteiger charge is 2.08. The molecular formula is C13H15ClN2O2. The van der Waals surface area contributed by atoms with Gasteiger partial charge in [0.15, 0.2) is 0 Å². The maximum Gasteiger partial charge on any atom is 0.265 e. The van der Waals surface area contributed by atoms with Crippen molar-refractivity contribution in [1.82, 2.24) is 10.4 Å². The summed E-state index contributed by atoms with van der Waals surface area (Å²) < 4.78 is 0. The fraction of sp³-hybridized carbons (Fsp3) is 0.308. The number of benzene rings is 1. The van der Waals surface area contributed by atoms with E-state index >= 15 is 0 Å². The van der Waals surface area contributed by atoms with Gasteiger partial charge in [0.05, 0.1) is 11.6 Å². The third-order valence-electron chi connectivity index (χ3n) is 2.02. The molecule has 0 fully saturated rings. The third kappa shape index (κ3) is 4.38. The van der Waals surface area contributed by atoms with E-state index in [1.54, 1.807) is 37.3 Å². The van der Waals surface area contributed by atoms with E-state index < -0.39 is 0 Å². The van der Waals surface area contributed by atoms with E-state index in [1.165, 1.54) is 0 Å². The van der Waals surface area contributed by atoms with Crippen molar-refractivity contribution in [2.75, 3.05) is 20.7 Å². The van der Waals surface area contributed by atoms with Gasteiger partial charge in [-0.3, -0.25) is 10.2 Å². The van der Waals surface area contributed by atoms with Crippen molar-refractivity contribution >= 4 is 17.5 Å². The van der Waals surface area contributed by atoms with Gasteiger partial charge < -0.3 is 5.11 Å². The van der Waals surface area contributed by atoms with E-state index in [1.807, 2.05) is 0 Å². The lowest BCUT2D eigenvalue weighted by atomic mass is 10.1. The van der Waals surface area contributed by atoms with Crippen LogP contribution in [0.25, 0.3) is 0 Å². The SMILES string of the molecule is CN(C)NC(=O)c1ccc(C#CCCO)c(Cl)c1. The van der Waals surface area contributed by atoms with Crippen LogP contribution in [0.3, 0.4) is 0 Å². The Morgan fingerprint density at radius 1 is 1.50 bits per heavy atom. The largest absolute Gasteiger partial charge is 0.395 e. The summed E-state index contributed by atoms with van der Waals surface area (Å²) in [6, 6.07) is 4.92. The molecule has 1 rings (SSSR count). The smallest absolute Gasteiger partial charge is 0.265 e. The molecule has 0 radical (unpaired) electrons. The van der Waals surface area contributed by atoms with Crippen LogP contribution in [0.15, 0.2) is 18.2 Å². The Morgan fingerprint density at radius 3 is 2.78 bits per heavy atom. The van der Waals surface area contributed by atoms with E-state index in [2.05, 4.69) is 17.3 Å². The summed E-state index contributed by atoms with van der Waals surface area (Å²) in [7, 11) is 3.46. The highest BCUT2D eigenvalue weighted by Crippen LogP contribution is 2.17. The lowest BCUT2D eigenvalue weighted by molar-refractivity contribution is 0.0857. The second-order valence-corrected chi connectivity index (χ2v) is 4.21. The van der Waals surface area contributed by atoms with Crippen molar-refractivity contribution in [3.63, 3.8) is 0 Å². The number of hydrogen-bond acceptors (Lipinski definition) is 3. The van der Waals surface area contributed by atoms with E-state index in [0.717, 1.165) is 0 Å². The monoisotopic (exact) mass is 266 g/mol. The summed E-state index contributed by atoms with van der Waals surface area (Å²) in [6.45, 7) is 0.0218. The van der Waals surface area contributed by atoms with Crippen LogP contribution in [0, 0.1) is 11.8 Å². The minimum absolute atomic E-state index is 0.0218. The van der Waals surface area contributed by atoms with Crippen LogP contribution in [0.1, 0.15) is 22.3 Å². The van der Waals surface area contributed by atoms with E-state index in [0.29, 0.717) is 22.6 Å². The van der Waals surface area contributed by atoms with Gasteiger partial charge in [0.1, 0.15) is 0 Å². The van der Waals surface area contributed by atoms with Gasteiger partial charge in [-0.2, -0.15) is 0 Å². The van der Waals surface area contributed by atoms with Gasteiger partial charge in [0.25, 0.3) is 5.91 Å². The van der Waals surface area contributed by atoms with Gasteiger partial charge in [-0.15, -0.1) is 0 Å². The molecular weight excluding hydrogens is 252 g/mol. The molecule has 0 aliphatic carbocycles. The summed E-state index contributed by atoms with van der Waals surface area (Å²) in [4.78, 5) is 11.7. The molecule has 0 bridgehead atoms. The molecule has 1 aromatic rings. The van der Waals surface area contributed by atoms with Crippen LogP contribution < -0.4 is 5.43 Å². The molecule has 0 atom stereocenters. The number of hydrogen-bond donors (Lipinski definition) is 2. The first-order valence-corrected chi connectivity index (χ1v) is 5.80. The standard InChI is InChI=1S/C13H15ClN2O2/c1-16(2)15-13(18)11-7-6-10(12(14)9-11)5-3-4-8-17/h6-7,9,17H,4,8H2,1-2H3,(H,15,18). The van der Waals surface area contributed by atoms with Crippen LogP contribution >= 0.6 is 11.6 Å². The summed E-state index contributed by atoms with van der Waals surface area (Å²) in [6.07, 6.45) is 0.402. The first-order valence-electron chi connectivity index (χ1n) is 5.42. The molecule has 0 aromatic heterocycles.